The van der Waals surface area contributed by atoms with E-state index in [1.54, 1.807) is 0 Å². The number of hydrogen-bond donors (Lipinski definition) is 0. The van der Waals surface area contributed by atoms with Gasteiger partial charge in [0.25, 0.3) is 0 Å². The Morgan fingerprint density at radius 3 is 2.26 bits per heavy atom. The zero-order valence-electron chi connectivity index (χ0n) is 12.1. The van der Waals surface area contributed by atoms with Crippen LogP contribution in [0.15, 0.2) is 24.3 Å². The number of piperidine rings is 1. The van der Waals surface area contributed by atoms with Crippen LogP contribution in [0.1, 0.15) is 50.3 Å². The number of nitriles is 1. The van der Waals surface area contributed by atoms with E-state index in [0.29, 0.717) is 5.92 Å². The van der Waals surface area contributed by atoms with Crippen LogP contribution in [0, 0.1) is 17.2 Å². The lowest BCUT2D eigenvalue weighted by molar-refractivity contribution is 0.196. The Labute approximate surface area is 117 Å². The van der Waals surface area contributed by atoms with Crippen molar-refractivity contribution in [2.75, 3.05) is 13.1 Å². The molecular weight excluding hydrogens is 232 g/mol. The second-order valence-electron chi connectivity index (χ2n) is 5.97. The standard InChI is InChI=1S/C17H24N2/c1-14(2)12-15-6-8-16(9-7-15)17(13-18)19-10-4-3-5-11-19/h6-9,14,17H,3-5,10-12H2,1-2H3. The van der Waals surface area contributed by atoms with Gasteiger partial charge < -0.3 is 0 Å². The molecular formula is C17H24N2. The molecule has 0 aromatic heterocycles. The molecule has 1 aliphatic rings. The monoisotopic (exact) mass is 256 g/mol. The van der Waals surface area contributed by atoms with Crippen LogP contribution in [0.5, 0.6) is 0 Å². The molecule has 2 nitrogen and oxygen atoms in total. The normalized spacial score (nSPS) is 18.2. The first-order valence-electron chi connectivity index (χ1n) is 7.43. The largest absolute Gasteiger partial charge is 0.284 e. The average Bonchev–Trinajstić information content (AvgIpc) is 2.42. The highest BCUT2D eigenvalue weighted by Gasteiger charge is 2.21. The van der Waals surface area contributed by atoms with Gasteiger partial charge in [0.1, 0.15) is 6.04 Å². The molecule has 1 aromatic carbocycles. The van der Waals surface area contributed by atoms with Crippen molar-refractivity contribution in [3.8, 4) is 6.07 Å². The van der Waals surface area contributed by atoms with Crippen LogP contribution in [0.2, 0.25) is 0 Å². The van der Waals surface area contributed by atoms with Crippen LogP contribution < -0.4 is 0 Å². The Bertz CT molecular complexity index is 422. The summed E-state index contributed by atoms with van der Waals surface area (Å²) in [6, 6.07) is 11.1. The first-order chi connectivity index (χ1) is 9.20. The van der Waals surface area contributed by atoms with Gasteiger partial charge in [0, 0.05) is 0 Å². The summed E-state index contributed by atoms with van der Waals surface area (Å²) in [6.07, 6.45) is 4.87. The zero-order chi connectivity index (χ0) is 13.7. The van der Waals surface area contributed by atoms with Crippen molar-refractivity contribution in [2.24, 2.45) is 5.92 Å². The molecule has 2 rings (SSSR count). The highest BCUT2D eigenvalue weighted by molar-refractivity contribution is 5.28. The van der Waals surface area contributed by atoms with Gasteiger partial charge in [-0.25, -0.2) is 0 Å². The van der Waals surface area contributed by atoms with Crippen LogP contribution in [0.4, 0.5) is 0 Å². The number of likely N-dealkylation sites (tertiary alicyclic amines) is 1. The van der Waals surface area contributed by atoms with Gasteiger partial charge in [-0.05, 0) is 49.4 Å². The van der Waals surface area contributed by atoms with Crippen LogP contribution >= 0.6 is 0 Å². The molecule has 102 valence electrons. The third-order valence-electron chi connectivity index (χ3n) is 3.82. The Morgan fingerprint density at radius 2 is 1.74 bits per heavy atom. The minimum absolute atomic E-state index is 0.0617. The minimum Gasteiger partial charge on any atom is -0.284 e. The lowest BCUT2D eigenvalue weighted by atomic mass is 9.98. The summed E-state index contributed by atoms with van der Waals surface area (Å²) in [5, 5.41) is 9.45. The van der Waals surface area contributed by atoms with E-state index in [2.05, 4.69) is 49.1 Å². The van der Waals surface area contributed by atoms with E-state index in [0.717, 1.165) is 25.1 Å². The predicted molar refractivity (Wildman–Crippen MR) is 78.8 cm³/mol. The molecule has 0 aliphatic carbocycles. The van der Waals surface area contributed by atoms with Crippen LogP contribution in [-0.2, 0) is 6.42 Å². The fourth-order valence-corrected chi connectivity index (χ4v) is 2.85. The lowest BCUT2D eigenvalue weighted by Crippen LogP contribution is -2.33. The van der Waals surface area contributed by atoms with E-state index < -0.39 is 0 Å². The second kappa shape index (κ2) is 6.73. The molecule has 0 saturated carbocycles. The molecule has 2 heteroatoms. The van der Waals surface area contributed by atoms with Crippen molar-refractivity contribution in [2.45, 2.75) is 45.6 Å². The second-order valence-corrected chi connectivity index (χ2v) is 5.97. The maximum Gasteiger partial charge on any atom is 0.123 e. The van der Waals surface area contributed by atoms with Crippen molar-refractivity contribution >= 4 is 0 Å². The zero-order valence-corrected chi connectivity index (χ0v) is 12.1. The molecule has 0 radical (unpaired) electrons. The van der Waals surface area contributed by atoms with Crippen molar-refractivity contribution in [3.63, 3.8) is 0 Å². The molecule has 0 spiro atoms. The van der Waals surface area contributed by atoms with E-state index in [-0.39, 0.29) is 6.04 Å². The molecule has 1 aliphatic heterocycles. The molecule has 1 heterocycles. The van der Waals surface area contributed by atoms with Gasteiger partial charge in [0.2, 0.25) is 0 Å². The van der Waals surface area contributed by atoms with Crippen molar-refractivity contribution in [1.29, 1.82) is 5.26 Å². The number of nitrogens with zero attached hydrogens (tertiary/aromatic N) is 2. The van der Waals surface area contributed by atoms with Crippen molar-refractivity contribution < 1.29 is 0 Å². The first-order valence-corrected chi connectivity index (χ1v) is 7.43. The van der Waals surface area contributed by atoms with Crippen LogP contribution in [-0.4, -0.2) is 18.0 Å². The maximum absolute atomic E-state index is 9.45. The highest BCUT2D eigenvalue weighted by atomic mass is 15.2. The van der Waals surface area contributed by atoms with E-state index in [1.165, 1.54) is 24.8 Å². The molecule has 0 bridgehead atoms. The van der Waals surface area contributed by atoms with E-state index >= 15 is 0 Å². The first kappa shape index (κ1) is 14.1. The number of benzene rings is 1. The summed E-state index contributed by atoms with van der Waals surface area (Å²) >= 11 is 0. The third kappa shape index (κ3) is 3.81. The van der Waals surface area contributed by atoms with E-state index in [1.807, 2.05) is 0 Å². The average molecular weight is 256 g/mol. The molecule has 0 N–H and O–H groups in total. The topological polar surface area (TPSA) is 27.0 Å². The summed E-state index contributed by atoms with van der Waals surface area (Å²) in [6.45, 7) is 6.59. The van der Waals surface area contributed by atoms with Gasteiger partial charge >= 0.3 is 0 Å². The van der Waals surface area contributed by atoms with Crippen molar-refractivity contribution in [3.05, 3.63) is 35.4 Å². The Morgan fingerprint density at radius 1 is 1.11 bits per heavy atom. The van der Waals surface area contributed by atoms with Gasteiger partial charge in [-0.15, -0.1) is 0 Å². The minimum atomic E-state index is -0.0617. The molecule has 1 saturated heterocycles. The highest BCUT2D eigenvalue weighted by Crippen LogP contribution is 2.24. The smallest absolute Gasteiger partial charge is 0.123 e. The van der Waals surface area contributed by atoms with Gasteiger partial charge in [0.15, 0.2) is 0 Å². The predicted octanol–water partition coefficient (Wildman–Crippen LogP) is 3.94. The van der Waals surface area contributed by atoms with E-state index in [9.17, 15) is 5.26 Å². The number of rotatable bonds is 4. The molecule has 1 unspecified atom stereocenters. The Kier molecular flexibility index (Phi) is 4.99. The van der Waals surface area contributed by atoms with Gasteiger partial charge in [-0.3, -0.25) is 4.90 Å². The third-order valence-corrected chi connectivity index (χ3v) is 3.82. The lowest BCUT2D eigenvalue weighted by Gasteiger charge is -2.30. The van der Waals surface area contributed by atoms with Gasteiger partial charge in [-0.1, -0.05) is 44.5 Å². The maximum atomic E-state index is 9.45. The summed E-state index contributed by atoms with van der Waals surface area (Å²) in [5.74, 6) is 0.680. The van der Waals surface area contributed by atoms with E-state index in [4.69, 9.17) is 0 Å². The van der Waals surface area contributed by atoms with Crippen LogP contribution in [0.3, 0.4) is 0 Å². The molecule has 19 heavy (non-hydrogen) atoms. The quantitative estimate of drug-likeness (QED) is 0.816. The SMILES string of the molecule is CC(C)Cc1ccc(C(C#N)N2CCCCC2)cc1. The van der Waals surface area contributed by atoms with Crippen LogP contribution in [0.25, 0.3) is 0 Å². The summed E-state index contributed by atoms with van der Waals surface area (Å²) in [5.41, 5.74) is 2.52. The fraction of sp³-hybridized carbons (Fsp3) is 0.588. The molecule has 0 amide bonds. The molecule has 1 aromatic rings. The van der Waals surface area contributed by atoms with Gasteiger partial charge in [0.05, 0.1) is 6.07 Å². The summed E-state index contributed by atoms with van der Waals surface area (Å²) in [7, 11) is 0. The molecule has 1 fully saturated rings. The summed E-state index contributed by atoms with van der Waals surface area (Å²) < 4.78 is 0. The molecule has 1 atom stereocenters. The Balaban J connectivity index is 2.08. The fourth-order valence-electron chi connectivity index (χ4n) is 2.85. The number of hydrogen-bond acceptors (Lipinski definition) is 2. The van der Waals surface area contributed by atoms with Crippen molar-refractivity contribution in [1.82, 2.24) is 4.90 Å². The summed E-state index contributed by atoms with van der Waals surface area (Å²) in [4.78, 5) is 2.32. The Hall–Kier alpha value is -1.33. The van der Waals surface area contributed by atoms with Gasteiger partial charge in [-0.2, -0.15) is 5.26 Å².